The maximum atomic E-state index is 11.9. The number of hydrogen-bond donors (Lipinski definition) is 0. The summed E-state index contributed by atoms with van der Waals surface area (Å²) in [6.45, 7) is 8.45. The average Bonchev–Trinajstić information content (AvgIpc) is 2.26. The minimum atomic E-state index is -1.71. The maximum absolute atomic E-state index is 11.9. The summed E-state index contributed by atoms with van der Waals surface area (Å²) < 4.78 is 9.64. The molecule has 0 unspecified atom stereocenters. The third-order valence-electron chi connectivity index (χ3n) is 1.96. The van der Waals surface area contributed by atoms with Crippen LogP contribution in [0.5, 0.6) is 0 Å². The van der Waals surface area contributed by atoms with E-state index in [1.807, 2.05) is 30.3 Å². The summed E-state index contributed by atoms with van der Waals surface area (Å²) in [6, 6.07) is 9.48. The third-order valence-corrected chi connectivity index (χ3v) is 2.86. The van der Waals surface area contributed by atoms with E-state index in [1.54, 1.807) is 6.92 Å². The molecule has 4 heteroatoms. The quantitative estimate of drug-likeness (QED) is 0.467. The Morgan fingerprint density at radius 3 is 2.29 bits per heavy atom. The van der Waals surface area contributed by atoms with Crippen LogP contribution in [0.3, 0.4) is 0 Å². The van der Waals surface area contributed by atoms with Gasteiger partial charge in [0.1, 0.15) is 5.71 Å². The van der Waals surface area contributed by atoms with Crippen molar-refractivity contribution in [2.45, 2.75) is 26.6 Å². The lowest BCUT2D eigenvalue weighted by Gasteiger charge is -2.13. The lowest BCUT2D eigenvalue weighted by Crippen LogP contribution is -2.26. The van der Waals surface area contributed by atoms with Crippen molar-refractivity contribution in [1.82, 2.24) is 0 Å². The van der Waals surface area contributed by atoms with Gasteiger partial charge >= 0.3 is 5.97 Å². The highest BCUT2D eigenvalue weighted by Gasteiger charge is 2.20. The van der Waals surface area contributed by atoms with E-state index in [0.717, 1.165) is 5.56 Å². The van der Waals surface area contributed by atoms with Crippen LogP contribution in [0.15, 0.2) is 35.0 Å². The van der Waals surface area contributed by atoms with Crippen molar-refractivity contribution in [2.24, 2.45) is 4.66 Å². The minimum absolute atomic E-state index is 0.332. The highest BCUT2D eigenvalue weighted by molar-refractivity contribution is 6.77. The van der Waals surface area contributed by atoms with E-state index in [1.165, 1.54) is 0 Å². The molecule has 0 aromatic heterocycles. The Morgan fingerprint density at radius 1 is 1.24 bits per heavy atom. The molecule has 1 rings (SSSR count). The van der Waals surface area contributed by atoms with Gasteiger partial charge in [-0.3, -0.25) is 0 Å². The molecule has 0 radical (unpaired) electrons. The van der Waals surface area contributed by atoms with Gasteiger partial charge in [-0.15, -0.1) is 0 Å². The number of nitrogens with zero attached hydrogens (tertiary/aromatic N) is 1. The molecule has 1 aromatic rings. The Balaban J connectivity index is 3.12. The summed E-state index contributed by atoms with van der Waals surface area (Å²) in [4.78, 5) is 11.9. The van der Waals surface area contributed by atoms with Crippen molar-refractivity contribution in [1.29, 1.82) is 0 Å². The summed E-state index contributed by atoms with van der Waals surface area (Å²) in [5.41, 5.74) is 1.28. The molecule has 0 fully saturated rings. The molecule has 0 atom stereocenters. The fourth-order valence-corrected chi connectivity index (χ4v) is 2.25. The van der Waals surface area contributed by atoms with Gasteiger partial charge in [0.05, 0.1) is 6.61 Å². The Labute approximate surface area is 104 Å². The second-order valence-electron chi connectivity index (χ2n) is 4.72. The summed E-state index contributed by atoms with van der Waals surface area (Å²) in [5.74, 6) is -0.332. The molecule has 0 N–H and O–H groups in total. The van der Waals surface area contributed by atoms with Crippen LogP contribution in [0.1, 0.15) is 12.5 Å². The second-order valence-corrected chi connectivity index (χ2v) is 9.28. The van der Waals surface area contributed by atoms with E-state index in [0.29, 0.717) is 12.3 Å². The first-order valence-corrected chi connectivity index (χ1v) is 9.21. The molecule has 0 aliphatic rings. The number of benzene rings is 1. The molecule has 0 bridgehead atoms. The lowest BCUT2D eigenvalue weighted by atomic mass is 10.1. The number of carbonyl (C=O) groups is 1. The van der Waals surface area contributed by atoms with Crippen molar-refractivity contribution < 1.29 is 9.53 Å². The zero-order chi connectivity index (χ0) is 12.9. The van der Waals surface area contributed by atoms with Gasteiger partial charge in [-0.25, -0.2) is 4.79 Å². The van der Waals surface area contributed by atoms with Gasteiger partial charge in [-0.1, -0.05) is 30.3 Å². The van der Waals surface area contributed by atoms with Crippen LogP contribution in [-0.2, 0) is 9.53 Å². The Kier molecular flexibility index (Phi) is 4.63. The first-order chi connectivity index (χ1) is 7.94. The van der Waals surface area contributed by atoms with E-state index < -0.39 is 8.24 Å². The molecular formula is C13H19NO2Si. The number of carbonyl (C=O) groups excluding carboxylic acids is 1. The fourth-order valence-electron chi connectivity index (χ4n) is 1.36. The molecule has 92 valence electrons. The monoisotopic (exact) mass is 249 g/mol. The van der Waals surface area contributed by atoms with Crippen LogP contribution in [-0.4, -0.2) is 26.5 Å². The topological polar surface area (TPSA) is 38.7 Å². The SMILES string of the molecule is CCOC(=O)C(=N[Si](C)(C)C)c1ccccc1. The zero-order valence-electron chi connectivity index (χ0n) is 10.9. The van der Waals surface area contributed by atoms with Crippen molar-refractivity contribution in [3.8, 4) is 0 Å². The third kappa shape index (κ3) is 4.52. The fraction of sp³-hybridized carbons (Fsp3) is 0.385. The number of esters is 1. The van der Waals surface area contributed by atoms with Gasteiger partial charge in [0.25, 0.3) is 0 Å². The predicted molar refractivity (Wildman–Crippen MR) is 73.0 cm³/mol. The zero-order valence-corrected chi connectivity index (χ0v) is 11.9. The van der Waals surface area contributed by atoms with Crippen LogP contribution in [0.4, 0.5) is 0 Å². The normalized spacial score (nSPS) is 12.4. The van der Waals surface area contributed by atoms with Gasteiger partial charge in [-0.05, 0) is 26.6 Å². The first kappa shape index (κ1) is 13.6. The molecule has 0 saturated heterocycles. The van der Waals surface area contributed by atoms with E-state index in [2.05, 4.69) is 24.3 Å². The van der Waals surface area contributed by atoms with Crippen LogP contribution in [0, 0.1) is 0 Å². The van der Waals surface area contributed by atoms with Crippen LogP contribution in [0.2, 0.25) is 19.6 Å². The summed E-state index contributed by atoms with van der Waals surface area (Å²) >= 11 is 0. The predicted octanol–water partition coefficient (Wildman–Crippen LogP) is 2.87. The molecular weight excluding hydrogens is 230 g/mol. The molecule has 3 nitrogen and oxygen atoms in total. The standard InChI is InChI=1S/C13H19NO2Si/c1-5-16-13(15)12(14-17(2,3)4)11-9-7-6-8-10-11/h6-10H,5H2,1-4H3. The minimum Gasteiger partial charge on any atom is -0.461 e. The van der Waals surface area contributed by atoms with Gasteiger partial charge in [-0.2, -0.15) is 0 Å². The van der Waals surface area contributed by atoms with E-state index in [9.17, 15) is 4.79 Å². The summed E-state index contributed by atoms with van der Waals surface area (Å²) in [6.07, 6.45) is 0. The molecule has 0 aliphatic heterocycles. The first-order valence-electron chi connectivity index (χ1n) is 5.76. The van der Waals surface area contributed by atoms with Gasteiger partial charge < -0.3 is 9.39 Å². The van der Waals surface area contributed by atoms with Crippen molar-refractivity contribution in [3.05, 3.63) is 35.9 Å². The summed E-state index contributed by atoms with van der Waals surface area (Å²) in [5, 5.41) is 0. The van der Waals surface area contributed by atoms with Gasteiger partial charge in [0.15, 0.2) is 8.24 Å². The van der Waals surface area contributed by atoms with E-state index >= 15 is 0 Å². The van der Waals surface area contributed by atoms with Crippen LogP contribution < -0.4 is 0 Å². The number of rotatable bonds is 4. The number of ether oxygens (including phenoxy) is 1. The second kappa shape index (κ2) is 5.77. The van der Waals surface area contributed by atoms with Gasteiger partial charge in [0.2, 0.25) is 0 Å². The maximum Gasteiger partial charge on any atom is 0.356 e. The highest BCUT2D eigenvalue weighted by Crippen LogP contribution is 2.09. The lowest BCUT2D eigenvalue weighted by molar-refractivity contribution is -0.134. The van der Waals surface area contributed by atoms with Crippen LogP contribution in [0.25, 0.3) is 0 Å². The molecule has 0 amide bonds. The molecule has 0 aliphatic carbocycles. The molecule has 0 saturated carbocycles. The smallest absolute Gasteiger partial charge is 0.356 e. The molecule has 0 heterocycles. The highest BCUT2D eigenvalue weighted by atomic mass is 28.3. The van der Waals surface area contributed by atoms with Crippen LogP contribution >= 0.6 is 0 Å². The Hall–Kier alpha value is -1.42. The molecule has 1 aromatic carbocycles. The van der Waals surface area contributed by atoms with Crippen molar-refractivity contribution >= 4 is 19.9 Å². The average molecular weight is 249 g/mol. The van der Waals surface area contributed by atoms with E-state index in [4.69, 9.17) is 4.74 Å². The molecule has 0 spiro atoms. The summed E-state index contributed by atoms with van der Waals surface area (Å²) in [7, 11) is -1.71. The van der Waals surface area contributed by atoms with E-state index in [-0.39, 0.29) is 5.97 Å². The van der Waals surface area contributed by atoms with Crippen molar-refractivity contribution in [3.63, 3.8) is 0 Å². The Bertz CT molecular complexity index is 407. The number of hydrogen-bond acceptors (Lipinski definition) is 3. The Morgan fingerprint density at radius 2 is 1.82 bits per heavy atom. The van der Waals surface area contributed by atoms with Gasteiger partial charge in [0, 0.05) is 5.56 Å². The molecule has 17 heavy (non-hydrogen) atoms. The van der Waals surface area contributed by atoms with Crippen molar-refractivity contribution in [2.75, 3.05) is 6.61 Å². The largest absolute Gasteiger partial charge is 0.461 e.